The lowest BCUT2D eigenvalue weighted by Gasteiger charge is -2.18. The van der Waals surface area contributed by atoms with Gasteiger partial charge in [-0.3, -0.25) is 58.0 Å². The molecule has 5 aliphatic heterocycles. The van der Waals surface area contributed by atoms with Crippen LogP contribution in [0.4, 0.5) is 23.0 Å². The normalized spacial score (nSPS) is 14.7. The van der Waals surface area contributed by atoms with Gasteiger partial charge in [-0.1, -0.05) is 76.6 Å². The molecule has 0 unspecified atom stereocenters. The van der Waals surface area contributed by atoms with Crippen molar-refractivity contribution in [2.24, 2.45) is 16.6 Å². The highest BCUT2D eigenvalue weighted by Gasteiger charge is 2.41. The number of nitrogens with zero attached hydrogens (tertiary/aromatic N) is 19. The first-order chi connectivity index (χ1) is 67.4. The standard InChI is InChI=1S/C17H22N6O3S3.C16H16N4O3S.C11H10N4O3.C11H12N2O3.C11H9NO3.C9H9ClN2O2S2.C8H14N4OS.C5H5ClN2S/c1-23(2)29(25,26)13-4-5-14-15(6-13)28-17(22-14)21-8-11(24)7-18-16-19-9-12(27-3)10-20-16;1-24-11-7-18-16(19-8-11)17-6-10(21)9-20-14(22)12-4-2-3-5-13(12)15(20)23;12-14-13-5-7(16)6-15-10(17)8-3-1-2-4-9(8)11(15)18;12-5-7(14)6-13-10(15)8-3-1-2-4-9(8)11(13)16;13-10-8-3-1-2-4-9(8)11(14)12(10)5-7-6-15-7;1-12(2)16(13,14)6-3-4-7-8(5-6)15-9(10)11-7;1-14-7-4-11-8(12-5-7)10-3-6(13)2-9;1-9-4-2-7-5(6)8-3-4/h4-6,9-11,24H,7-8H2,1-3H3,(H,21,22)(H,18,19,20);2-5,7-8,10,21H,6,9H2,1H3,(H,17,18,19);1-4,7,16H,5-6H2;1-4,7,14H,5-6,12H2;1-4,7H,5-6H2;3-5H,1-2H3;4-6,13H,2-3,9H2,1H3,(H,10,11,12);2-3H,1H3/t11-;10-;3*7-;;6-;/m00000.1./s1. The number of azide groups is 1. The third-order valence-corrected chi connectivity index (χ3v) is 28.7. The number of halogens is 2. The monoisotopic (exact) mass is 2120 g/mol. The van der Waals surface area contributed by atoms with E-state index in [9.17, 15) is 80.7 Å². The Balaban J connectivity index is 0.000000169. The fraction of sp³-hybridized carbons (Fsp3) is 0.295. The Morgan fingerprint density at radius 2 is 0.752 bits per heavy atom. The number of nitrogens with two attached hydrogens (primary N) is 2. The van der Waals surface area contributed by atoms with Gasteiger partial charge in [-0.25, -0.2) is 75.3 Å². The average Bonchev–Trinajstić information content (AvgIpc) is 1.57. The van der Waals surface area contributed by atoms with E-state index in [1.807, 2.05) is 25.0 Å². The van der Waals surface area contributed by atoms with Crippen molar-refractivity contribution in [1.82, 2.24) is 78.0 Å². The van der Waals surface area contributed by atoms with Gasteiger partial charge < -0.3 is 63.0 Å². The molecule has 11 heterocycles. The Morgan fingerprint density at radius 3 is 1.09 bits per heavy atom. The van der Waals surface area contributed by atoms with Crippen LogP contribution in [-0.2, 0) is 24.8 Å². The third-order valence-electron chi connectivity index (χ3n) is 20.0. The maximum absolute atomic E-state index is 12.3. The minimum atomic E-state index is -3.49. The Morgan fingerprint density at radius 1 is 0.447 bits per heavy atom. The highest BCUT2D eigenvalue weighted by atomic mass is 35.5. The Labute approximate surface area is 844 Å². The van der Waals surface area contributed by atoms with Gasteiger partial charge in [0.05, 0.1) is 151 Å². The molecule has 53 heteroatoms. The number of anilines is 4. The number of fused-ring (bicyclic) bond motifs is 6. The van der Waals surface area contributed by atoms with Crippen LogP contribution in [0, 0.1) is 0 Å². The number of aromatic nitrogens is 10. The van der Waals surface area contributed by atoms with Crippen LogP contribution in [0.25, 0.3) is 30.9 Å². The van der Waals surface area contributed by atoms with Crippen molar-refractivity contribution >= 4 is 204 Å². The fourth-order valence-electron chi connectivity index (χ4n) is 12.5. The number of β-amino-alcohol motifs (C(OH)–C–C–N with tert-alkyl or cyclic N) is 3. The van der Waals surface area contributed by atoms with Crippen LogP contribution in [0.1, 0.15) is 82.9 Å². The molecule has 6 aromatic heterocycles. The number of rotatable bonds is 32. The lowest BCUT2D eigenvalue weighted by Crippen LogP contribution is -2.39. The van der Waals surface area contributed by atoms with Crippen LogP contribution in [0.3, 0.4) is 0 Å². The number of benzene rings is 6. The van der Waals surface area contributed by atoms with Crippen LogP contribution in [-0.4, -0.2) is 336 Å². The van der Waals surface area contributed by atoms with E-state index in [-0.39, 0.29) is 110 Å². The van der Waals surface area contributed by atoms with Crippen molar-refractivity contribution in [1.29, 1.82) is 0 Å². The number of hydrogen-bond donors (Lipinski definition) is 11. The van der Waals surface area contributed by atoms with E-state index in [1.165, 1.54) is 82.2 Å². The number of sulfonamides is 2. The van der Waals surface area contributed by atoms with Gasteiger partial charge in [0, 0.05) is 142 Å². The van der Waals surface area contributed by atoms with E-state index in [2.05, 4.69) is 81.1 Å². The first-order valence-electron chi connectivity index (χ1n) is 42.1. The highest BCUT2D eigenvalue weighted by Crippen LogP contribution is 2.33. The number of thioether (sulfide) groups is 4. The van der Waals surface area contributed by atoms with Gasteiger partial charge in [0.15, 0.2) is 9.60 Å². The quantitative estimate of drug-likeness (QED) is 0.00358. The zero-order valence-electron chi connectivity index (χ0n) is 76.5. The van der Waals surface area contributed by atoms with Gasteiger partial charge in [-0.15, -0.1) is 58.4 Å². The van der Waals surface area contributed by atoms with Crippen molar-refractivity contribution in [2.45, 2.75) is 66.0 Å². The van der Waals surface area contributed by atoms with Gasteiger partial charge in [-0.2, -0.15) is 0 Å². The summed E-state index contributed by atoms with van der Waals surface area (Å²) in [5.41, 5.74) is 23.2. The van der Waals surface area contributed by atoms with Crippen molar-refractivity contribution in [3.63, 3.8) is 0 Å². The molecule has 744 valence electrons. The fourth-order valence-corrected chi connectivity index (χ4v) is 17.8. The molecule has 17 rings (SSSR count). The molecule has 5 aliphatic rings. The molecule has 6 atom stereocenters. The molecule has 0 bridgehead atoms. The molecule has 43 nitrogen and oxygen atoms in total. The van der Waals surface area contributed by atoms with E-state index in [1.54, 1.807) is 212 Å². The highest BCUT2D eigenvalue weighted by molar-refractivity contribution is 7.99. The minimum Gasteiger partial charge on any atom is -0.391 e. The smallest absolute Gasteiger partial charge is 0.261 e. The van der Waals surface area contributed by atoms with Gasteiger partial charge in [-0.05, 0) is 127 Å². The summed E-state index contributed by atoms with van der Waals surface area (Å²) < 4.78 is 57.6. The van der Waals surface area contributed by atoms with Crippen LogP contribution in [0.15, 0.2) is 218 Å². The molecular formula is C88H97Cl2N25O18S8. The van der Waals surface area contributed by atoms with Crippen LogP contribution in [0.2, 0.25) is 9.75 Å². The van der Waals surface area contributed by atoms with E-state index >= 15 is 0 Å². The number of thiazole rings is 2. The van der Waals surface area contributed by atoms with Gasteiger partial charge >= 0.3 is 0 Å². The summed E-state index contributed by atoms with van der Waals surface area (Å²) in [6, 6.07) is 36.2. The molecule has 12 aromatic rings. The second kappa shape index (κ2) is 53.2. The second-order valence-electron chi connectivity index (χ2n) is 30.3. The Hall–Kier alpha value is -12.0. The van der Waals surface area contributed by atoms with Gasteiger partial charge in [0.25, 0.3) is 47.3 Å². The Bertz CT molecular complexity index is 6530. The number of amides is 8. The number of ether oxygens (including phenoxy) is 1. The average molecular weight is 2120 g/mol. The number of epoxide rings is 1. The number of hydrogen-bond acceptors (Lipinski definition) is 41. The summed E-state index contributed by atoms with van der Waals surface area (Å²) in [6.45, 7) is 1.85. The summed E-state index contributed by atoms with van der Waals surface area (Å²) in [4.78, 5) is 148. The van der Waals surface area contributed by atoms with E-state index < -0.39 is 62.4 Å². The first-order valence-corrected chi connectivity index (χ1v) is 52.2. The zero-order chi connectivity index (χ0) is 102. The lowest BCUT2D eigenvalue weighted by atomic mass is 10.1. The molecule has 0 spiro atoms. The number of carbonyl (C=O) groups excluding carboxylic acids is 8. The summed E-state index contributed by atoms with van der Waals surface area (Å²) in [7, 11) is -0.891. The van der Waals surface area contributed by atoms with Crippen molar-refractivity contribution in [3.05, 3.63) is 248 Å². The van der Waals surface area contributed by atoms with Gasteiger partial charge in [0.2, 0.25) is 43.2 Å². The molecule has 6 aromatic carbocycles. The van der Waals surface area contributed by atoms with Crippen LogP contribution < -0.4 is 32.7 Å². The van der Waals surface area contributed by atoms with Crippen LogP contribution >= 0.6 is 92.9 Å². The largest absolute Gasteiger partial charge is 0.391 e. The molecule has 0 radical (unpaired) electrons. The second-order valence-corrected chi connectivity index (χ2v) is 41.1. The summed E-state index contributed by atoms with van der Waals surface area (Å²) in [6.07, 6.45) is 17.4. The zero-order valence-corrected chi connectivity index (χ0v) is 84.5. The third kappa shape index (κ3) is 30.8. The molecule has 1 fully saturated rings. The maximum atomic E-state index is 12.3. The maximum Gasteiger partial charge on any atom is 0.261 e. The number of nitrogens with one attached hydrogen (secondary N) is 4. The molecule has 0 saturated carbocycles. The van der Waals surface area contributed by atoms with E-state index in [0.29, 0.717) is 108 Å². The summed E-state index contributed by atoms with van der Waals surface area (Å²) in [5, 5.41) is 64.3. The molecular weight excluding hydrogens is 2020 g/mol. The predicted molar refractivity (Wildman–Crippen MR) is 539 cm³/mol. The van der Waals surface area contributed by atoms with Crippen molar-refractivity contribution in [3.8, 4) is 0 Å². The SMILES string of the molecule is CN(C)S(=O)(=O)c1ccc2nc(Cl)sc2c1.CSc1cnc(Cl)nc1.CSc1cnc(NC[C@H](O)CN)nc1.CSc1cnc(NC[C@H](O)CN2C(=O)c3ccccc3C2=O)nc1.CSc1cnc(NC[C@H](O)CNc2nc3ccc(S(=O)(=O)N(C)C)cc3s2)nc1.NC[C@H](O)CN1C(=O)c2ccccc2C1=O.O=C1c2ccccc2C(=O)N1C[C@H]1CO1.[N-]=[N+]=NC[C@H](O)CN1C(=O)c2ccccc2C1=O. The van der Waals surface area contributed by atoms with Crippen molar-refractivity contribution in [2.75, 3.05) is 153 Å². The molecule has 13 N–H and O–H groups in total. The molecule has 0 aliphatic carbocycles. The van der Waals surface area contributed by atoms with E-state index in [4.69, 9.17) is 44.9 Å². The van der Waals surface area contributed by atoms with Crippen LogP contribution in [0.5, 0.6) is 0 Å². The topological polar surface area (TPSA) is 616 Å². The lowest BCUT2D eigenvalue weighted by molar-refractivity contribution is 0.0543. The van der Waals surface area contributed by atoms with Gasteiger partial charge in [0.1, 0.15) is 0 Å². The number of aliphatic hydroxyl groups excluding tert-OH is 5. The summed E-state index contributed by atoms with van der Waals surface area (Å²) in [5.74, 6) is -1.42. The first kappa shape index (κ1) is 111. The minimum absolute atomic E-state index is 0.0212. The number of aliphatic hydroxyl groups is 5. The number of imide groups is 4. The number of carbonyl (C=O) groups is 8. The molecule has 1 saturated heterocycles. The summed E-state index contributed by atoms with van der Waals surface area (Å²) >= 11 is 20.1. The Kier molecular flexibility index (Phi) is 41.8. The molecule has 8 amide bonds. The predicted octanol–water partition coefficient (Wildman–Crippen LogP) is 8.43. The van der Waals surface area contributed by atoms with E-state index in [0.717, 1.165) is 43.7 Å². The van der Waals surface area contributed by atoms with Crippen molar-refractivity contribution < 1.29 is 85.5 Å². The molecule has 141 heavy (non-hydrogen) atoms.